The molecule has 1 aliphatic carbocycles. The third kappa shape index (κ3) is 5.70. The van der Waals surface area contributed by atoms with Crippen LogP contribution in [0.4, 0.5) is 0 Å². The average molecular weight is 465 g/mol. The summed E-state index contributed by atoms with van der Waals surface area (Å²) in [4.78, 5) is 0. The molecular formula is C33H40Si. The molecule has 0 saturated carbocycles. The molecule has 0 nitrogen and oxygen atoms in total. The summed E-state index contributed by atoms with van der Waals surface area (Å²) in [6, 6.07) is 25.8. The van der Waals surface area contributed by atoms with Crippen LogP contribution in [-0.4, -0.2) is 9.52 Å². The number of unbranched alkanes of at least 4 members (excludes halogenated alkanes) is 2. The van der Waals surface area contributed by atoms with E-state index in [1.54, 1.807) is 10.4 Å². The van der Waals surface area contributed by atoms with Crippen LogP contribution < -0.4 is 5.19 Å². The number of hydrogen-bond donors (Lipinski definition) is 0. The first-order valence-corrected chi connectivity index (χ1v) is 14.7. The van der Waals surface area contributed by atoms with Gasteiger partial charge in [-0.15, -0.1) is 0 Å². The average Bonchev–Trinajstić information content (AvgIpc) is 3.19. The van der Waals surface area contributed by atoms with Crippen LogP contribution >= 0.6 is 0 Å². The molecule has 0 aromatic heterocycles. The lowest BCUT2D eigenvalue weighted by Gasteiger charge is -2.19. The van der Waals surface area contributed by atoms with Gasteiger partial charge in [-0.2, -0.15) is 0 Å². The molecule has 3 aromatic rings. The molecule has 0 amide bonds. The number of aryl methyl sites for hydroxylation is 2. The molecule has 0 bridgehead atoms. The molecule has 1 unspecified atom stereocenters. The van der Waals surface area contributed by atoms with Crippen LogP contribution in [0.1, 0.15) is 64.5 Å². The second-order valence-corrected chi connectivity index (χ2v) is 11.9. The van der Waals surface area contributed by atoms with Crippen LogP contribution in [0.15, 0.2) is 89.7 Å². The Bertz CT molecular complexity index is 1150. The summed E-state index contributed by atoms with van der Waals surface area (Å²) in [6.07, 6.45) is 12.1. The van der Waals surface area contributed by atoms with Gasteiger partial charge in [-0.25, -0.2) is 0 Å². The first-order chi connectivity index (χ1) is 16.6. The Hall–Kier alpha value is -2.64. The number of rotatable bonds is 10. The Morgan fingerprint density at radius 1 is 0.735 bits per heavy atom. The van der Waals surface area contributed by atoms with E-state index in [0.29, 0.717) is 5.92 Å². The largest absolute Gasteiger partial charge is 0.0843 e. The summed E-state index contributed by atoms with van der Waals surface area (Å²) >= 11 is 0. The molecule has 0 spiro atoms. The predicted octanol–water partition coefficient (Wildman–Crippen LogP) is 7.98. The lowest BCUT2D eigenvalue weighted by atomic mass is 9.92. The fraction of sp³-hybridized carbons (Fsp3) is 0.333. The van der Waals surface area contributed by atoms with Crippen molar-refractivity contribution in [2.45, 2.75) is 66.2 Å². The second kappa shape index (κ2) is 11.7. The molecule has 4 rings (SSSR count). The van der Waals surface area contributed by atoms with Crippen LogP contribution in [0.5, 0.6) is 0 Å². The molecule has 1 aliphatic rings. The Morgan fingerprint density at radius 2 is 1.32 bits per heavy atom. The van der Waals surface area contributed by atoms with Crippen molar-refractivity contribution in [2.24, 2.45) is 5.92 Å². The molecule has 0 fully saturated rings. The molecule has 0 N–H and O–H groups in total. The Labute approximate surface area is 209 Å². The van der Waals surface area contributed by atoms with Gasteiger partial charge in [-0.1, -0.05) is 128 Å². The molecule has 176 valence electrons. The summed E-state index contributed by atoms with van der Waals surface area (Å²) in [6.45, 7) is 9.19. The predicted molar refractivity (Wildman–Crippen MR) is 154 cm³/mol. The van der Waals surface area contributed by atoms with Gasteiger partial charge in [0, 0.05) is 0 Å². The summed E-state index contributed by atoms with van der Waals surface area (Å²) in [5.41, 5.74) is 9.93. The van der Waals surface area contributed by atoms with Gasteiger partial charge in [-0.05, 0) is 71.9 Å². The van der Waals surface area contributed by atoms with E-state index in [0.717, 1.165) is 0 Å². The van der Waals surface area contributed by atoms with Crippen molar-refractivity contribution in [2.75, 3.05) is 0 Å². The van der Waals surface area contributed by atoms with E-state index in [4.69, 9.17) is 0 Å². The molecular weight excluding hydrogens is 424 g/mol. The Balaban J connectivity index is 1.76. The number of benzene rings is 3. The van der Waals surface area contributed by atoms with E-state index < -0.39 is 9.52 Å². The summed E-state index contributed by atoms with van der Waals surface area (Å²) < 4.78 is 0. The SMILES string of the molecule is CCCCc1ccc(-c2cccc([SiH2]C3=C(C)C=CC3C)c2-c2ccc(CCCC)cc2)cc1. The van der Waals surface area contributed by atoms with Crippen LogP contribution in [0.3, 0.4) is 0 Å². The maximum absolute atomic E-state index is 2.40. The minimum absolute atomic E-state index is 0.554. The smallest absolute Gasteiger partial charge is 0.0778 e. The van der Waals surface area contributed by atoms with Crippen molar-refractivity contribution in [1.82, 2.24) is 0 Å². The van der Waals surface area contributed by atoms with Gasteiger partial charge in [-0.3, -0.25) is 0 Å². The fourth-order valence-electron chi connectivity index (χ4n) is 5.16. The zero-order chi connectivity index (χ0) is 23.9. The highest BCUT2D eigenvalue weighted by molar-refractivity contribution is 6.63. The minimum Gasteiger partial charge on any atom is -0.0778 e. The molecule has 34 heavy (non-hydrogen) atoms. The monoisotopic (exact) mass is 464 g/mol. The normalized spacial score (nSPS) is 15.7. The van der Waals surface area contributed by atoms with Crippen molar-refractivity contribution < 1.29 is 0 Å². The summed E-state index contributed by atoms with van der Waals surface area (Å²) in [7, 11) is -0.554. The van der Waals surface area contributed by atoms with E-state index in [-0.39, 0.29) is 0 Å². The molecule has 0 radical (unpaired) electrons. The van der Waals surface area contributed by atoms with Crippen molar-refractivity contribution in [3.05, 3.63) is 101 Å². The molecule has 0 aliphatic heterocycles. The zero-order valence-electron chi connectivity index (χ0n) is 21.5. The van der Waals surface area contributed by atoms with Gasteiger partial charge >= 0.3 is 0 Å². The van der Waals surface area contributed by atoms with E-state index in [9.17, 15) is 0 Å². The first-order valence-electron chi connectivity index (χ1n) is 13.3. The zero-order valence-corrected chi connectivity index (χ0v) is 22.9. The van der Waals surface area contributed by atoms with Crippen molar-refractivity contribution in [3.63, 3.8) is 0 Å². The highest BCUT2D eigenvalue weighted by atomic mass is 28.2. The molecule has 0 heterocycles. The van der Waals surface area contributed by atoms with Crippen LogP contribution in [0.25, 0.3) is 22.3 Å². The van der Waals surface area contributed by atoms with Gasteiger partial charge in [0.1, 0.15) is 0 Å². The minimum atomic E-state index is -0.554. The highest BCUT2D eigenvalue weighted by Crippen LogP contribution is 2.33. The van der Waals surface area contributed by atoms with Gasteiger partial charge in [0.25, 0.3) is 0 Å². The van der Waals surface area contributed by atoms with Gasteiger partial charge < -0.3 is 0 Å². The second-order valence-electron chi connectivity index (χ2n) is 9.97. The van der Waals surface area contributed by atoms with E-state index in [1.165, 1.54) is 77.5 Å². The maximum atomic E-state index is 2.40. The van der Waals surface area contributed by atoms with Crippen molar-refractivity contribution in [3.8, 4) is 22.3 Å². The van der Waals surface area contributed by atoms with Crippen LogP contribution in [0, 0.1) is 5.92 Å². The summed E-state index contributed by atoms with van der Waals surface area (Å²) in [5, 5.41) is 3.26. The van der Waals surface area contributed by atoms with Gasteiger partial charge in [0.2, 0.25) is 0 Å². The molecule has 1 heteroatoms. The van der Waals surface area contributed by atoms with E-state index >= 15 is 0 Å². The quantitative estimate of drug-likeness (QED) is 0.267. The third-order valence-corrected chi connectivity index (χ3v) is 9.92. The molecule has 0 saturated heterocycles. The maximum Gasteiger partial charge on any atom is 0.0843 e. The Kier molecular flexibility index (Phi) is 8.40. The van der Waals surface area contributed by atoms with E-state index in [1.807, 2.05) is 0 Å². The molecule has 1 atom stereocenters. The third-order valence-electron chi connectivity index (χ3n) is 7.37. The standard InChI is InChI=1S/C33H40Si/c1-5-7-10-26-16-20-28(21-17-26)30-12-9-13-31(34-33-24(3)14-15-25(33)4)32(30)29-22-18-27(19-23-29)11-8-6-2/h9,12-24H,5-8,10-11,34H2,1-4H3. The number of hydrogen-bond acceptors (Lipinski definition) is 0. The molecule has 3 aromatic carbocycles. The highest BCUT2D eigenvalue weighted by Gasteiger charge is 2.19. The lowest BCUT2D eigenvalue weighted by molar-refractivity contribution is 0.795. The van der Waals surface area contributed by atoms with Gasteiger partial charge in [0.05, 0.1) is 9.52 Å². The van der Waals surface area contributed by atoms with Crippen molar-refractivity contribution >= 4 is 14.7 Å². The van der Waals surface area contributed by atoms with Crippen molar-refractivity contribution in [1.29, 1.82) is 0 Å². The fourth-order valence-corrected chi connectivity index (χ4v) is 7.25. The topological polar surface area (TPSA) is 0 Å². The van der Waals surface area contributed by atoms with Crippen LogP contribution in [0.2, 0.25) is 0 Å². The summed E-state index contributed by atoms with van der Waals surface area (Å²) in [5.74, 6) is 0.581. The lowest BCUT2D eigenvalue weighted by Crippen LogP contribution is -2.22. The first kappa shape index (κ1) is 24.5. The number of allylic oxidation sites excluding steroid dienone is 4. The Morgan fingerprint density at radius 3 is 1.85 bits per heavy atom. The van der Waals surface area contributed by atoms with E-state index in [2.05, 4.69) is 107 Å². The van der Waals surface area contributed by atoms with Gasteiger partial charge in [0.15, 0.2) is 0 Å². The van der Waals surface area contributed by atoms with Crippen LogP contribution in [-0.2, 0) is 12.8 Å².